The van der Waals surface area contributed by atoms with Gasteiger partial charge in [0.15, 0.2) is 0 Å². The van der Waals surface area contributed by atoms with E-state index in [1.165, 1.54) is 0 Å². The van der Waals surface area contributed by atoms with Crippen molar-refractivity contribution in [2.45, 2.75) is 87.8 Å². The van der Waals surface area contributed by atoms with E-state index in [2.05, 4.69) is 15.4 Å². The first-order valence-electron chi connectivity index (χ1n) is 11.0. The Kier molecular flexibility index (Phi) is 10.0. The lowest BCUT2D eigenvalue weighted by Gasteiger charge is -2.45. The van der Waals surface area contributed by atoms with Gasteiger partial charge in [0.25, 0.3) is 5.79 Å². The van der Waals surface area contributed by atoms with Gasteiger partial charge < -0.3 is 45.3 Å². The summed E-state index contributed by atoms with van der Waals surface area (Å²) in [5.41, 5.74) is 0. The van der Waals surface area contributed by atoms with Gasteiger partial charge in [0, 0.05) is 19.9 Å². The van der Waals surface area contributed by atoms with E-state index in [-0.39, 0.29) is 0 Å². The zero-order chi connectivity index (χ0) is 24.6. The normalized spacial score (nSPS) is 32.9. The molecular formula is C21H34N2O10. The number of nitrogens with one attached hydrogen (secondary N) is 2. The first-order valence-corrected chi connectivity index (χ1v) is 11.0. The Morgan fingerprint density at radius 2 is 1.97 bits per heavy atom. The quantitative estimate of drug-likeness (QED) is 0.194. The smallest absolute Gasteiger partial charge is 0.407 e. The number of methoxy groups -OCH3 is 1. The van der Waals surface area contributed by atoms with Crippen molar-refractivity contribution in [2.24, 2.45) is 0 Å². The molecule has 0 aromatic heterocycles. The maximum absolute atomic E-state index is 12.1. The fraction of sp³-hybridized carbons (Fsp3) is 0.762. The minimum atomic E-state index is -2.61. The molecule has 2 aliphatic rings. The van der Waals surface area contributed by atoms with Crippen LogP contribution in [-0.2, 0) is 23.8 Å². The maximum atomic E-state index is 12.1. The Hall–Kier alpha value is -2.25. The molecular weight excluding hydrogens is 440 g/mol. The highest BCUT2D eigenvalue weighted by molar-refractivity contribution is 5.78. The number of amides is 2. The topological polar surface area (TPSA) is 184 Å². The average molecular weight is 475 g/mol. The van der Waals surface area contributed by atoms with Gasteiger partial charge in [-0.1, -0.05) is 12.5 Å². The number of hydrogen-bond donors (Lipinski definition) is 6. The predicted molar refractivity (Wildman–Crippen MR) is 113 cm³/mol. The van der Waals surface area contributed by atoms with Gasteiger partial charge in [0.2, 0.25) is 5.91 Å². The number of aliphatic hydroxyl groups excluding tert-OH is 3. The standard InChI is InChI=1S/C21H34N2O10/c1-12(24)23-16-14(25)10-21(30,19(28)31-2)33-18(16)17(27)15(26)11-22-20(29)32-13-8-6-4-3-5-7-9-13/h6,8,13-18,25-27,30H,3-5,7,9-11H2,1-2H3,(H,22,29)(H,23,24)/b8-6-/t13?,14-,15+,16?,17+,18+,21?/m0/s1. The lowest BCUT2D eigenvalue weighted by atomic mass is 9.88. The zero-order valence-electron chi connectivity index (χ0n) is 18.8. The van der Waals surface area contributed by atoms with E-state index in [4.69, 9.17) is 9.47 Å². The number of hydrogen-bond acceptors (Lipinski definition) is 10. The van der Waals surface area contributed by atoms with Crippen LogP contribution in [-0.4, -0.2) is 94.4 Å². The number of ether oxygens (including phenoxy) is 3. The van der Waals surface area contributed by atoms with Gasteiger partial charge in [-0.3, -0.25) is 4.79 Å². The largest absolute Gasteiger partial charge is 0.465 e. The molecule has 1 fully saturated rings. The molecule has 1 aliphatic heterocycles. The third kappa shape index (κ3) is 7.64. The number of carbonyl (C=O) groups is 3. The fourth-order valence-electron chi connectivity index (χ4n) is 3.90. The number of carbonyl (C=O) groups excluding carboxylic acids is 3. The molecule has 7 atom stereocenters. The number of allylic oxidation sites excluding steroid dienone is 1. The number of esters is 1. The first-order chi connectivity index (χ1) is 15.6. The van der Waals surface area contributed by atoms with Gasteiger partial charge in [-0.25, -0.2) is 9.59 Å². The zero-order valence-corrected chi connectivity index (χ0v) is 18.8. The summed E-state index contributed by atoms with van der Waals surface area (Å²) in [4.78, 5) is 35.6. The molecule has 1 heterocycles. The molecule has 33 heavy (non-hydrogen) atoms. The molecule has 0 spiro atoms. The van der Waals surface area contributed by atoms with Gasteiger partial charge in [-0.15, -0.1) is 0 Å². The molecule has 0 bridgehead atoms. The molecule has 0 aromatic rings. The van der Waals surface area contributed by atoms with Crippen LogP contribution >= 0.6 is 0 Å². The van der Waals surface area contributed by atoms with E-state index in [0.717, 1.165) is 39.7 Å². The van der Waals surface area contributed by atoms with E-state index in [1.54, 1.807) is 0 Å². The molecule has 0 aromatic carbocycles. The Balaban J connectivity index is 2.02. The van der Waals surface area contributed by atoms with Crippen LogP contribution in [0.2, 0.25) is 0 Å². The highest BCUT2D eigenvalue weighted by Gasteiger charge is 2.54. The van der Waals surface area contributed by atoms with E-state index in [9.17, 15) is 34.8 Å². The second kappa shape index (κ2) is 12.3. The second-order valence-electron chi connectivity index (χ2n) is 8.30. The summed E-state index contributed by atoms with van der Waals surface area (Å²) >= 11 is 0. The molecule has 2 rings (SSSR count). The minimum absolute atomic E-state index is 0.400. The summed E-state index contributed by atoms with van der Waals surface area (Å²) in [5.74, 6) is -4.40. The molecule has 188 valence electrons. The summed E-state index contributed by atoms with van der Waals surface area (Å²) in [6, 6.07) is -1.26. The van der Waals surface area contributed by atoms with Crippen molar-refractivity contribution >= 4 is 18.0 Å². The Morgan fingerprint density at radius 3 is 2.64 bits per heavy atom. The molecule has 12 nitrogen and oxygen atoms in total. The molecule has 12 heteroatoms. The van der Waals surface area contributed by atoms with Crippen LogP contribution in [0.1, 0.15) is 45.4 Å². The van der Waals surface area contributed by atoms with Crippen molar-refractivity contribution in [3.8, 4) is 0 Å². The minimum Gasteiger partial charge on any atom is -0.465 e. The van der Waals surface area contributed by atoms with E-state index >= 15 is 0 Å². The first kappa shape index (κ1) is 27.0. The van der Waals surface area contributed by atoms with Gasteiger partial charge >= 0.3 is 12.1 Å². The molecule has 0 saturated carbocycles. The Bertz CT molecular complexity index is 717. The van der Waals surface area contributed by atoms with Crippen molar-refractivity contribution in [1.29, 1.82) is 0 Å². The monoisotopic (exact) mass is 474 g/mol. The number of alkyl carbamates (subject to hydrolysis) is 1. The molecule has 6 N–H and O–H groups in total. The third-order valence-corrected chi connectivity index (χ3v) is 5.61. The van der Waals surface area contributed by atoms with Crippen molar-refractivity contribution in [1.82, 2.24) is 10.6 Å². The summed E-state index contributed by atoms with van der Waals surface area (Å²) in [6.07, 6.45) is -0.0472. The Morgan fingerprint density at radius 1 is 1.24 bits per heavy atom. The van der Waals surface area contributed by atoms with Crippen LogP contribution in [0, 0.1) is 0 Å². The molecule has 3 unspecified atom stereocenters. The fourth-order valence-corrected chi connectivity index (χ4v) is 3.90. The van der Waals surface area contributed by atoms with Crippen LogP contribution in [0.3, 0.4) is 0 Å². The lowest BCUT2D eigenvalue weighted by Crippen LogP contribution is -2.67. The van der Waals surface area contributed by atoms with Crippen LogP contribution in [0.4, 0.5) is 4.79 Å². The van der Waals surface area contributed by atoms with Gasteiger partial charge in [-0.05, 0) is 31.8 Å². The Labute approximate surface area is 191 Å². The molecule has 1 saturated heterocycles. The predicted octanol–water partition coefficient (Wildman–Crippen LogP) is -1.16. The number of rotatable bonds is 7. The maximum Gasteiger partial charge on any atom is 0.407 e. The third-order valence-electron chi connectivity index (χ3n) is 5.61. The van der Waals surface area contributed by atoms with Crippen molar-refractivity contribution in [2.75, 3.05) is 13.7 Å². The lowest BCUT2D eigenvalue weighted by molar-refractivity contribution is -0.295. The second-order valence-corrected chi connectivity index (χ2v) is 8.30. The van der Waals surface area contributed by atoms with E-state index in [1.807, 2.05) is 12.2 Å². The summed E-state index contributed by atoms with van der Waals surface area (Å²) in [7, 11) is 0.997. The van der Waals surface area contributed by atoms with Gasteiger partial charge in [-0.2, -0.15) is 0 Å². The highest BCUT2D eigenvalue weighted by Crippen LogP contribution is 2.31. The SMILES string of the molecule is COC(=O)C1(O)C[C@H](O)C(NC(C)=O)[C@H]([C@H](O)[C@H](O)CNC(=O)OC2/C=C\CCCCC2)O1. The molecule has 0 radical (unpaired) electrons. The van der Waals surface area contributed by atoms with E-state index < -0.39 is 73.3 Å². The van der Waals surface area contributed by atoms with Crippen LogP contribution in [0.15, 0.2) is 12.2 Å². The van der Waals surface area contributed by atoms with Crippen LogP contribution in [0.5, 0.6) is 0 Å². The number of aliphatic hydroxyl groups is 4. The van der Waals surface area contributed by atoms with Crippen molar-refractivity contribution < 1.29 is 49.0 Å². The van der Waals surface area contributed by atoms with Crippen molar-refractivity contribution in [3.63, 3.8) is 0 Å². The molecule has 2 amide bonds. The van der Waals surface area contributed by atoms with E-state index in [0.29, 0.717) is 6.42 Å². The van der Waals surface area contributed by atoms with Crippen LogP contribution in [0.25, 0.3) is 0 Å². The molecule has 1 aliphatic carbocycles. The highest BCUT2D eigenvalue weighted by atomic mass is 16.7. The summed E-state index contributed by atoms with van der Waals surface area (Å²) in [6.45, 7) is 0.699. The van der Waals surface area contributed by atoms with Gasteiger partial charge in [0.05, 0.1) is 25.4 Å². The van der Waals surface area contributed by atoms with Crippen LogP contribution < -0.4 is 10.6 Å². The van der Waals surface area contributed by atoms with Gasteiger partial charge in [0.1, 0.15) is 18.3 Å². The van der Waals surface area contributed by atoms with Crippen molar-refractivity contribution in [3.05, 3.63) is 12.2 Å². The average Bonchev–Trinajstić information content (AvgIpc) is 2.74. The summed E-state index contributed by atoms with van der Waals surface area (Å²) in [5, 5.41) is 46.6. The summed E-state index contributed by atoms with van der Waals surface area (Å²) < 4.78 is 15.1.